The van der Waals surface area contributed by atoms with E-state index in [4.69, 9.17) is 0 Å². The zero-order valence-corrected chi connectivity index (χ0v) is 21.1. The van der Waals surface area contributed by atoms with Crippen LogP contribution in [0, 0.1) is 11.8 Å². The molecule has 0 radical (unpaired) electrons. The van der Waals surface area contributed by atoms with Crippen molar-refractivity contribution < 1.29 is 26.7 Å². The van der Waals surface area contributed by atoms with Gasteiger partial charge in [0.15, 0.2) is 0 Å². The van der Waals surface area contributed by atoms with Crippen molar-refractivity contribution in [3.05, 3.63) is 24.3 Å². The van der Waals surface area contributed by atoms with Crippen molar-refractivity contribution in [3.8, 4) is 5.75 Å². The summed E-state index contributed by atoms with van der Waals surface area (Å²) in [6.45, 7) is 2.13. The number of hydrogen-bond acceptors (Lipinski definition) is 6. The topological polar surface area (TPSA) is 100 Å². The fourth-order valence-electron chi connectivity index (χ4n) is 7.60. The highest BCUT2D eigenvalue weighted by Crippen LogP contribution is 2.57. The Balaban J connectivity index is 1.28. The van der Waals surface area contributed by atoms with E-state index in [1.54, 1.807) is 0 Å². The first kappa shape index (κ1) is 25.5. The normalized spacial score (nSPS) is 33.3. The van der Waals surface area contributed by atoms with Crippen LogP contribution in [0.3, 0.4) is 0 Å². The summed E-state index contributed by atoms with van der Waals surface area (Å²) in [6, 6.07) is 5.17. The van der Waals surface area contributed by atoms with Gasteiger partial charge in [-0.25, -0.2) is 13.1 Å². The molecular weight excluding hydrogens is 490 g/mol. The summed E-state index contributed by atoms with van der Waals surface area (Å²) in [5.41, 5.74) is -0.858. The number of rotatable bonds is 10. The highest BCUT2D eigenvalue weighted by atomic mass is 32.2. The number of carbonyl (C=O) groups is 1. The van der Waals surface area contributed by atoms with Gasteiger partial charge in [-0.1, -0.05) is 0 Å². The molecule has 4 aliphatic carbocycles. The van der Waals surface area contributed by atoms with Gasteiger partial charge in [0.25, 0.3) is 0 Å². The second kappa shape index (κ2) is 9.64. The van der Waals surface area contributed by atoms with Gasteiger partial charge in [-0.15, -0.1) is 0 Å². The number of nitrogens with one attached hydrogen (secondary N) is 2. The van der Waals surface area contributed by atoms with Crippen LogP contribution in [0.2, 0.25) is 0 Å². The minimum atomic E-state index is -3.87. The van der Waals surface area contributed by atoms with E-state index in [9.17, 15) is 22.0 Å². The molecular formula is C25H34F2N4O4S. The fourth-order valence-corrected chi connectivity index (χ4v) is 9.02. The van der Waals surface area contributed by atoms with Crippen molar-refractivity contribution in [2.24, 2.45) is 16.8 Å². The SMILES string of the molecule is C=NCC1CCCN1C(=O)CNC12CC3CC(C1)CC(NS(=O)(=O)c1ccc(OC(F)F)cc1)(C3)C2. The maximum atomic E-state index is 13.3. The summed E-state index contributed by atoms with van der Waals surface area (Å²) in [5.74, 6) is 0.763. The van der Waals surface area contributed by atoms with Crippen LogP contribution in [0.1, 0.15) is 51.4 Å². The van der Waals surface area contributed by atoms with Gasteiger partial charge < -0.3 is 15.0 Å². The van der Waals surface area contributed by atoms with Gasteiger partial charge in [-0.3, -0.25) is 9.79 Å². The van der Waals surface area contributed by atoms with Crippen LogP contribution in [-0.2, 0) is 14.8 Å². The van der Waals surface area contributed by atoms with Crippen molar-refractivity contribution in [3.63, 3.8) is 0 Å². The Morgan fingerprint density at radius 2 is 1.83 bits per heavy atom. The van der Waals surface area contributed by atoms with Crippen molar-refractivity contribution in [2.75, 3.05) is 19.6 Å². The van der Waals surface area contributed by atoms with Gasteiger partial charge >= 0.3 is 6.61 Å². The number of alkyl halides is 2. The van der Waals surface area contributed by atoms with Crippen molar-refractivity contribution in [2.45, 2.75) is 80.0 Å². The minimum absolute atomic E-state index is 0.0213. The van der Waals surface area contributed by atoms with Gasteiger partial charge in [0.05, 0.1) is 24.0 Å². The molecule has 0 spiro atoms. The van der Waals surface area contributed by atoms with Crippen LogP contribution in [0.25, 0.3) is 0 Å². The first-order chi connectivity index (χ1) is 17.1. The maximum absolute atomic E-state index is 13.3. The molecule has 11 heteroatoms. The average Bonchev–Trinajstić information content (AvgIpc) is 3.24. The predicted molar refractivity (Wildman–Crippen MR) is 131 cm³/mol. The number of hydrogen-bond donors (Lipinski definition) is 2. The minimum Gasteiger partial charge on any atom is -0.435 e. The first-order valence-electron chi connectivity index (χ1n) is 12.7. The molecule has 3 atom stereocenters. The third-order valence-corrected chi connectivity index (χ3v) is 10.0. The third kappa shape index (κ3) is 5.15. The Kier molecular flexibility index (Phi) is 6.84. The van der Waals surface area contributed by atoms with Gasteiger partial charge in [0, 0.05) is 17.6 Å². The quantitative estimate of drug-likeness (QED) is 0.459. The molecule has 5 aliphatic rings. The smallest absolute Gasteiger partial charge is 0.387 e. The van der Waals surface area contributed by atoms with Gasteiger partial charge in [0.2, 0.25) is 15.9 Å². The average molecular weight is 525 g/mol. The molecule has 3 unspecified atom stereocenters. The number of nitrogens with zero attached hydrogens (tertiary/aromatic N) is 2. The van der Waals surface area contributed by atoms with Crippen molar-refractivity contribution >= 4 is 22.6 Å². The van der Waals surface area contributed by atoms with Crippen LogP contribution in [-0.4, -0.2) is 69.3 Å². The molecule has 36 heavy (non-hydrogen) atoms. The molecule has 198 valence electrons. The zero-order chi connectivity index (χ0) is 25.6. The number of benzene rings is 1. The molecule has 1 saturated heterocycles. The number of carbonyl (C=O) groups excluding carboxylic acids is 1. The van der Waals surface area contributed by atoms with Crippen LogP contribution in [0.15, 0.2) is 34.2 Å². The lowest BCUT2D eigenvalue weighted by atomic mass is 9.50. The summed E-state index contributed by atoms with van der Waals surface area (Å²) < 4.78 is 58.8. The van der Waals surface area contributed by atoms with Crippen molar-refractivity contribution in [1.82, 2.24) is 14.9 Å². The highest BCUT2D eigenvalue weighted by Gasteiger charge is 2.58. The molecule has 1 heterocycles. The monoisotopic (exact) mass is 524 g/mol. The molecule has 5 fully saturated rings. The molecule has 1 aromatic rings. The molecule has 8 nitrogen and oxygen atoms in total. The Bertz CT molecular complexity index is 1080. The van der Waals surface area contributed by atoms with Gasteiger partial charge in [-0.05, 0) is 94.2 Å². The second-order valence-electron chi connectivity index (χ2n) is 11.1. The second-order valence-corrected chi connectivity index (χ2v) is 12.8. The summed E-state index contributed by atoms with van der Waals surface area (Å²) in [4.78, 5) is 19.0. The van der Waals surface area contributed by atoms with Crippen LogP contribution >= 0.6 is 0 Å². The molecule has 1 aromatic carbocycles. The molecule has 2 N–H and O–H groups in total. The third-order valence-electron chi connectivity index (χ3n) is 8.42. The molecule has 4 saturated carbocycles. The van der Waals surface area contributed by atoms with E-state index in [1.807, 2.05) is 4.90 Å². The van der Waals surface area contributed by atoms with Gasteiger partial charge in [0.1, 0.15) is 5.75 Å². The molecule has 0 aromatic heterocycles. The van der Waals surface area contributed by atoms with E-state index in [-0.39, 0.29) is 34.7 Å². The summed E-state index contributed by atoms with van der Waals surface area (Å²) in [5, 5.41) is 3.58. The maximum Gasteiger partial charge on any atom is 0.387 e. The lowest BCUT2D eigenvalue weighted by Crippen LogP contribution is -2.69. The number of halogens is 2. The summed E-state index contributed by atoms with van der Waals surface area (Å²) >= 11 is 0. The Labute approximate surface area is 210 Å². The predicted octanol–water partition coefficient (Wildman–Crippen LogP) is 2.94. The Morgan fingerprint density at radius 3 is 2.47 bits per heavy atom. The number of amides is 1. The van der Waals surface area contributed by atoms with E-state index in [2.05, 4.69) is 26.5 Å². The Morgan fingerprint density at radius 1 is 1.17 bits per heavy atom. The summed E-state index contributed by atoms with van der Waals surface area (Å²) in [6.07, 6.45) is 7.05. The number of ether oxygens (including phenoxy) is 1. The number of likely N-dealkylation sites (tertiary alicyclic amines) is 1. The van der Waals surface area contributed by atoms with E-state index in [0.29, 0.717) is 24.8 Å². The van der Waals surface area contributed by atoms with Crippen LogP contribution < -0.4 is 14.8 Å². The molecule has 1 amide bonds. The lowest BCUT2D eigenvalue weighted by molar-refractivity contribution is -0.132. The number of aliphatic imine (C=N–C) groups is 1. The molecule has 6 rings (SSSR count). The largest absolute Gasteiger partial charge is 0.435 e. The van der Waals surface area contributed by atoms with Crippen LogP contribution in [0.5, 0.6) is 5.75 Å². The first-order valence-corrected chi connectivity index (χ1v) is 14.2. The molecule has 1 aliphatic heterocycles. The summed E-state index contributed by atoms with van der Waals surface area (Å²) in [7, 11) is -3.87. The lowest BCUT2D eigenvalue weighted by Gasteiger charge is -2.62. The highest BCUT2D eigenvalue weighted by molar-refractivity contribution is 7.89. The fraction of sp³-hybridized carbons (Fsp3) is 0.680. The van der Waals surface area contributed by atoms with Crippen LogP contribution in [0.4, 0.5) is 8.78 Å². The van der Waals surface area contributed by atoms with Gasteiger partial charge in [-0.2, -0.15) is 8.78 Å². The van der Waals surface area contributed by atoms with E-state index in [0.717, 1.165) is 51.5 Å². The molecule has 4 bridgehead atoms. The standard InChI is InChI=1S/C25H34F2N4O4S/c1-28-14-19-3-2-8-31(19)22(32)15-29-24-10-17-9-18(11-24)13-25(12-17,16-24)30-36(33,34)21-6-4-20(5-7-21)35-23(26)27/h4-7,17-19,23,29-30H,1-3,8-16H2. The Hall–Kier alpha value is -2.11. The zero-order valence-electron chi connectivity index (χ0n) is 20.3. The van der Waals surface area contributed by atoms with E-state index < -0.39 is 22.2 Å². The van der Waals surface area contributed by atoms with Crippen molar-refractivity contribution in [1.29, 1.82) is 0 Å². The van der Waals surface area contributed by atoms with E-state index >= 15 is 0 Å². The van der Waals surface area contributed by atoms with E-state index in [1.165, 1.54) is 24.3 Å². The number of sulfonamides is 1.